The minimum absolute atomic E-state index is 0.0529. The average molecular weight is 293 g/mol. The van der Waals surface area contributed by atoms with Crippen LogP contribution in [-0.2, 0) is 0 Å². The van der Waals surface area contributed by atoms with E-state index in [-0.39, 0.29) is 5.69 Å². The zero-order valence-electron chi connectivity index (χ0n) is 12.4. The van der Waals surface area contributed by atoms with Crippen molar-refractivity contribution in [3.05, 3.63) is 28.3 Å². The van der Waals surface area contributed by atoms with Crippen molar-refractivity contribution in [3.8, 4) is 17.6 Å². The minimum Gasteiger partial charge on any atom is -0.493 e. The molecule has 7 heteroatoms. The largest absolute Gasteiger partial charge is 0.493 e. The van der Waals surface area contributed by atoms with Crippen LogP contribution in [0.25, 0.3) is 0 Å². The Balaban J connectivity index is 2.65. The maximum absolute atomic E-state index is 10.8. The minimum atomic E-state index is -0.601. The monoisotopic (exact) mass is 293 g/mol. The highest BCUT2D eigenvalue weighted by molar-refractivity contribution is 5.48. The van der Waals surface area contributed by atoms with Gasteiger partial charge in [-0.2, -0.15) is 5.26 Å². The van der Waals surface area contributed by atoms with Crippen molar-refractivity contribution in [3.63, 3.8) is 0 Å². The van der Waals surface area contributed by atoms with Gasteiger partial charge in [-0.1, -0.05) is 0 Å². The van der Waals surface area contributed by atoms with Gasteiger partial charge in [0.2, 0.25) is 0 Å². The van der Waals surface area contributed by atoms with Gasteiger partial charge in [0.15, 0.2) is 11.5 Å². The third kappa shape index (κ3) is 4.61. The molecule has 0 fully saturated rings. The second-order valence-corrected chi connectivity index (χ2v) is 4.74. The molecule has 0 saturated carbocycles. The smallest absolute Gasteiger partial charge is 0.273 e. The number of nitro benzene ring substituents is 1. The van der Waals surface area contributed by atoms with Crippen LogP contribution in [0.4, 0.5) is 5.69 Å². The number of hydrogen-bond donors (Lipinski definition) is 1. The van der Waals surface area contributed by atoms with Gasteiger partial charge in [0.25, 0.3) is 5.69 Å². The quantitative estimate of drug-likeness (QED) is 0.448. The van der Waals surface area contributed by atoms with Crippen LogP contribution in [0.15, 0.2) is 18.2 Å². The third-order valence-electron chi connectivity index (χ3n) is 3.24. The first-order chi connectivity index (χ1) is 9.95. The molecule has 1 atom stereocenters. The van der Waals surface area contributed by atoms with Gasteiger partial charge in [-0.05, 0) is 32.9 Å². The molecule has 0 amide bonds. The Morgan fingerprint density at radius 3 is 2.71 bits per heavy atom. The van der Waals surface area contributed by atoms with Crippen LogP contribution in [0.2, 0.25) is 0 Å². The fourth-order valence-electron chi connectivity index (χ4n) is 1.74. The van der Waals surface area contributed by atoms with Crippen LogP contribution in [-0.4, -0.2) is 31.2 Å². The number of hydrogen-bond acceptors (Lipinski definition) is 6. The van der Waals surface area contributed by atoms with Crippen LogP contribution in [0.5, 0.6) is 11.5 Å². The molecule has 1 rings (SSSR count). The van der Waals surface area contributed by atoms with Crippen LogP contribution in [0.3, 0.4) is 0 Å². The van der Waals surface area contributed by atoms with E-state index in [0.29, 0.717) is 30.9 Å². The van der Waals surface area contributed by atoms with Crippen molar-refractivity contribution in [1.82, 2.24) is 5.32 Å². The highest BCUT2D eigenvalue weighted by Gasteiger charge is 2.20. The molecule has 0 spiro atoms. The number of methoxy groups -OCH3 is 1. The Hall–Kier alpha value is -2.33. The summed E-state index contributed by atoms with van der Waals surface area (Å²) < 4.78 is 10.6. The van der Waals surface area contributed by atoms with Gasteiger partial charge in [-0.15, -0.1) is 0 Å². The van der Waals surface area contributed by atoms with Crippen LogP contribution < -0.4 is 14.8 Å². The van der Waals surface area contributed by atoms with Crippen molar-refractivity contribution < 1.29 is 14.4 Å². The molecule has 0 heterocycles. The Labute approximate surface area is 123 Å². The summed E-state index contributed by atoms with van der Waals surface area (Å²) in [6, 6.07) is 6.39. The first-order valence-corrected chi connectivity index (χ1v) is 6.51. The van der Waals surface area contributed by atoms with E-state index in [4.69, 9.17) is 14.7 Å². The summed E-state index contributed by atoms with van der Waals surface area (Å²) in [5.74, 6) is 0.770. The van der Waals surface area contributed by atoms with Gasteiger partial charge in [-0.3, -0.25) is 10.1 Å². The molecule has 21 heavy (non-hydrogen) atoms. The van der Waals surface area contributed by atoms with Gasteiger partial charge in [0, 0.05) is 6.07 Å². The van der Waals surface area contributed by atoms with E-state index >= 15 is 0 Å². The molecule has 0 aliphatic rings. The molecular formula is C14H19N3O4. The van der Waals surface area contributed by atoms with Gasteiger partial charge in [0.1, 0.15) is 5.54 Å². The molecule has 7 nitrogen and oxygen atoms in total. The summed E-state index contributed by atoms with van der Waals surface area (Å²) in [4.78, 5) is 10.3. The van der Waals surface area contributed by atoms with Crippen LogP contribution in [0, 0.1) is 21.4 Å². The zero-order chi connectivity index (χ0) is 15.9. The molecule has 1 aromatic carbocycles. The van der Waals surface area contributed by atoms with E-state index in [0.717, 1.165) is 0 Å². The first kappa shape index (κ1) is 16.7. The number of nitrogens with one attached hydrogen (secondary N) is 1. The molecule has 114 valence electrons. The topological polar surface area (TPSA) is 97.4 Å². The number of benzene rings is 1. The van der Waals surface area contributed by atoms with Gasteiger partial charge >= 0.3 is 0 Å². The molecule has 0 saturated heterocycles. The third-order valence-corrected chi connectivity index (χ3v) is 3.24. The van der Waals surface area contributed by atoms with E-state index in [1.165, 1.54) is 25.3 Å². The van der Waals surface area contributed by atoms with Crippen molar-refractivity contribution in [2.45, 2.75) is 25.3 Å². The number of nitriles is 1. The lowest BCUT2D eigenvalue weighted by Gasteiger charge is -2.20. The maximum atomic E-state index is 10.8. The molecule has 0 bridgehead atoms. The second-order valence-electron chi connectivity index (χ2n) is 4.74. The number of nitrogens with zero attached hydrogens (tertiary/aromatic N) is 2. The Kier molecular flexibility index (Phi) is 5.93. The molecule has 1 N–H and O–H groups in total. The normalized spacial score (nSPS) is 13.0. The SMILES string of the molecule is CNC(C)(C#N)CCCOc1cc([N+](=O)[O-])ccc1OC. The lowest BCUT2D eigenvalue weighted by Crippen LogP contribution is -2.38. The fourth-order valence-corrected chi connectivity index (χ4v) is 1.74. The maximum Gasteiger partial charge on any atom is 0.273 e. The predicted octanol–water partition coefficient (Wildman–Crippen LogP) is 2.26. The average Bonchev–Trinajstić information content (AvgIpc) is 2.51. The van der Waals surface area contributed by atoms with Crippen molar-refractivity contribution in [1.29, 1.82) is 5.26 Å². The van der Waals surface area contributed by atoms with Gasteiger partial charge < -0.3 is 14.8 Å². The second kappa shape index (κ2) is 7.45. The molecule has 0 aliphatic heterocycles. The summed E-state index contributed by atoms with van der Waals surface area (Å²) in [6.45, 7) is 2.15. The number of rotatable bonds is 8. The van der Waals surface area contributed by atoms with Crippen molar-refractivity contribution >= 4 is 5.69 Å². The molecule has 1 aromatic rings. The molecular weight excluding hydrogens is 274 g/mol. The van der Waals surface area contributed by atoms with Crippen LogP contribution in [0.1, 0.15) is 19.8 Å². The van der Waals surface area contributed by atoms with Gasteiger partial charge in [0.05, 0.1) is 30.8 Å². The molecule has 0 aliphatic carbocycles. The summed E-state index contributed by atoms with van der Waals surface area (Å²) in [5.41, 5.74) is -0.654. The zero-order valence-corrected chi connectivity index (χ0v) is 12.4. The molecule has 0 radical (unpaired) electrons. The fraction of sp³-hybridized carbons (Fsp3) is 0.500. The standard InChI is InChI=1S/C14H19N3O4/c1-14(10-15,16-2)7-4-8-21-13-9-11(17(18)19)5-6-12(13)20-3/h5-6,9,16H,4,7-8H2,1-3H3. The number of nitro groups is 1. The molecule has 0 aromatic heterocycles. The first-order valence-electron chi connectivity index (χ1n) is 6.51. The van der Waals surface area contributed by atoms with Crippen molar-refractivity contribution in [2.24, 2.45) is 0 Å². The lowest BCUT2D eigenvalue weighted by atomic mass is 9.98. The number of ether oxygens (including phenoxy) is 2. The summed E-state index contributed by atoms with van der Waals surface area (Å²) >= 11 is 0. The lowest BCUT2D eigenvalue weighted by molar-refractivity contribution is -0.385. The Morgan fingerprint density at radius 2 is 2.19 bits per heavy atom. The summed E-state index contributed by atoms with van der Waals surface area (Å²) in [5, 5.41) is 22.7. The summed E-state index contributed by atoms with van der Waals surface area (Å²) in [6.07, 6.45) is 1.24. The Bertz CT molecular complexity index is 542. The van der Waals surface area contributed by atoms with Gasteiger partial charge in [-0.25, -0.2) is 0 Å². The van der Waals surface area contributed by atoms with E-state index in [2.05, 4.69) is 11.4 Å². The van der Waals surface area contributed by atoms with E-state index < -0.39 is 10.5 Å². The van der Waals surface area contributed by atoms with E-state index in [9.17, 15) is 10.1 Å². The Morgan fingerprint density at radius 1 is 1.48 bits per heavy atom. The van der Waals surface area contributed by atoms with Crippen LogP contribution >= 0.6 is 0 Å². The van der Waals surface area contributed by atoms with E-state index in [1.54, 1.807) is 14.0 Å². The molecule has 1 unspecified atom stereocenters. The number of non-ortho nitro benzene ring substituents is 1. The summed E-state index contributed by atoms with van der Waals surface area (Å²) in [7, 11) is 3.20. The highest BCUT2D eigenvalue weighted by atomic mass is 16.6. The van der Waals surface area contributed by atoms with Crippen molar-refractivity contribution in [2.75, 3.05) is 20.8 Å². The highest BCUT2D eigenvalue weighted by Crippen LogP contribution is 2.31. The predicted molar refractivity (Wildman–Crippen MR) is 77.5 cm³/mol. The van der Waals surface area contributed by atoms with E-state index in [1.807, 2.05) is 0 Å².